The van der Waals surface area contributed by atoms with Gasteiger partial charge in [0, 0.05) is 12.6 Å². The molecule has 9 nitrogen and oxygen atoms in total. The Balaban J connectivity index is 1.60. The fourth-order valence-electron chi connectivity index (χ4n) is 2.63. The summed E-state index contributed by atoms with van der Waals surface area (Å²) in [4.78, 5) is 22.5. The number of amides is 1. The number of rotatable bonds is 7. The van der Waals surface area contributed by atoms with E-state index in [4.69, 9.17) is 11.6 Å². The zero-order valence-electron chi connectivity index (χ0n) is 14.8. The van der Waals surface area contributed by atoms with Crippen LogP contribution in [0.3, 0.4) is 0 Å². The van der Waals surface area contributed by atoms with Crippen molar-refractivity contribution in [2.45, 2.75) is 26.4 Å². The van der Waals surface area contributed by atoms with Crippen molar-refractivity contribution in [2.75, 3.05) is 5.32 Å². The molecule has 0 aliphatic rings. The number of benzene rings is 1. The Morgan fingerprint density at radius 2 is 2.21 bits per heavy atom. The van der Waals surface area contributed by atoms with Gasteiger partial charge in [-0.1, -0.05) is 23.7 Å². The average Bonchev–Trinajstić information content (AvgIpc) is 3.15. The lowest BCUT2D eigenvalue weighted by molar-refractivity contribution is -0.385. The van der Waals surface area contributed by atoms with E-state index in [1.54, 1.807) is 19.1 Å². The second kappa shape index (κ2) is 8.17. The van der Waals surface area contributed by atoms with Crippen LogP contribution < -0.4 is 5.32 Å². The zero-order valence-corrected chi connectivity index (χ0v) is 15.6. The molecule has 0 bridgehead atoms. The van der Waals surface area contributed by atoms with E-state index >= 15 is 0 Å². The lowest BCUT2D eigenvalue weighted by atomic mass is 10.2. The predicted molar refractivity (Wildman–Crippen MR) is 99.6 cm³/mol. The molecule has 11 heteroatoms. The van der Waals surface area contributed by atoms with Gasteiger partial charge in [0.15, 0.2) is 5.82 Å². The van der Waals surface area contributed by atoms with Crippen LogP contribution in [0, 0.1) is 22.9 Å². The van der Waals surface area contributed by atoms with Crippen LogP contribution in [0.4, 0.5) is 15.9 Å². The fraction of sp³-hybridized carbons (Fsp3) is 0.235. The summed E-state index contributed by atoms with van der Waals surface area (Å²) < 4.78 is 16.2. The number of aromatic nitrogens is 4. The molecule has 0 fully saturated rings. The van der Waals surface area contributed by atoms with E-state index in [1.807, 2.05) is 0 Å². The van der Waals surface area contributed by atoms with E-state index in [2.05, 4.69) is 15.5 Å². The first-order chi connectivity index (χ1) is 13.3. The Hall–Kier alpha value is -3.27. The van der Waals surface area contributed by atoms with Crippen LogP contribution in [0.25, 0.3) is 0 Å². The quantitative estimate of drug-likeness (QED) is 0.479. The van der Waals surface area contributed by atoms with Crippen molar-refractivity contribution < 1.29 is 14.1 Å². The Kier molecular flexibility index (Phi) is 5.69. The summed E-state index contributed by atoms with van der Waals surface area (Å²) in [6.45, 7) is 2.03. The molecule has 0 saturated carbocycles. The van der Waals surface area contributed by atoms with Crippen molar-refractivity contribution >= 4 is 29.0 Å². The lowest BCUT2D eigenvalue weighted by Gasteiger charge is -2.05. The monoisotopic (exact) mass is 406 g/mol. The Bertz CT molecular complexity index is 1030. The summed E-state index contributed by atoms with van der Waals surface area (Å²) in [5, 5.41) is 21.8. The number of halogens is 2. The molecular weight excluding hydrogens is 391 g/mol. The van der Waals surface area contributed by atoms with Crippen molar-refractivity contribution in [1.82, 2.24) is 19.6 Å². The maximum atomic E-state index is 13.3. The van der Waals surface area contributed by atoms with Gasteiger partial charge in [0.25, 0.3) is 0 Å². The van der Waals surface area contributed by atoms with Crippen molar-refractivity contribution in [2.24, 2.45) is 0 Å². The van der Waals surface area contributed by atoms with Gasteiger partial charge in [-0.05, 0) is 24.6 Å². The Morgan fingerprint density at radius 3 is 2.89 bits per heavy atom. The highest BCUT2D eigenvalue weighted by molar-refractivity contribution is 6.33. The maximum absolute atomic E-state index is 13.3. The van der Waals surface area contributed by atoms with Crippen LogP contribution in [0.2, 0.25) is 5.02 Å². The van der Waals surface area contributed by atoms with Crippen molar-refractivity contribution in [1.29, 1.82) is 0 Å². The van der Waals surface area contributed by atoms with Crippen LogP contribution in [-0.2, 0) is 17.9 Å². The molecule has 0 saturated heterocycles. The molecule has 0 aliphatic heterocycles. The van der Waals surface area contributed by atoms with Gasteiger partial charge in [-0.2, -0.15) is 10.2 Å². The molecule has 0 atom stereocenters. The highest BCUT2D eigenvalue weighted by Crippen LogP contribution is 2.21. The van der Waals surface area contributed by atoms with Gasteiger partial charge in [0.1, 0.15) is 22.7 Å². The van der Waals surface area contributed by atoms with Crippen LogP contribution in [0.15, 0.2) is 36.7 Å². The van der Waals surface area contributed by atoms with E-state index in [9.17, 15) is 19.3 Å². The molecule has 1 amide bonds. The summed E-state index contributed by atoms with van der Waals surface area (Å²) in [6, 6.07) is 6.09. The third-order valence-electron chi connectivity index (χ3n) is 4.03. The summed E-state index contributed by atoms with van der Waals surface area (Å²) >= 11 is 6.10. The molecule has 0 unspecified atom stereocenters. The van der Waals surface area contributed by atoms with Crippen LogP contribution in [-0.4, -0.2) is 30.4 Å². The molecule has 1 N–H and O–H groups in total. The molecule has 3 aromatic rings. The molecule has 2 aromatic heterocycles. The van der Waals surface area contributed by atoms with E-state index in [1.165, 1.54) is 27.7 Å². The Labute approximate surface area is 163 Å². The van der Waals surface area contributed by atoms with E-state index < -0.39 is 4.92 Å². The molecular formula is C17H16ClFN6O3. The molecule has 3 rings (SSSR count). The van der Waals surface area contributed by atoms with Crippen molar-refractivity contribution in [3.8, 4) is 0 Å². The van der Waals surface area contributed by atoms with E-state index in [0.717, 1.165) is 6.20 Å². The summed E-state index contributed by atoms with van der Waals surface area (Å²) in [6.07, 6.45) is 2.72. The number of nitrogens with zero attached hydrogens (tertiary/aromatic N) is 5. The normalized spacial score (nSPS) is 10.8. The SMILES string of the molecule is Cc1c([N+](=O)[O-])cnn1CCC(=O)Nc1nn(Cc2cccc(F)c2)cc1Cl. The first-order valence-electron chi connectivity index (χ1n) is 8.27. The summed E-state index contributed by atoms with van der Waals surface area (Å²) in [7, 11) is 0. The highest BCUT2D eigenvalue weighted by atomic mass is 35.5. The number of hydrogen-bond donors (Lipinski definition) is 1. The number of anilines is 1. The van der Waals surface area contributed by atoms with Crippen LogP contribution in [0.1, 0.15) is 17.7 Å². The fourth-order valence-corrected chi connectivity index (χ4v) is 2.83. The third-order valence-corrected chi connectivity index (χ3v) is 4.31. The maximum Gasteiger partial charge on any atom is 0.309 e. The van der Waals surface area contributed by atoms with E-state index in [0.29, 0.717) is 17.8 Å². The lowest BCUT2D eigenvalue weighted by Crippen LogP contribution is -2.16. The first kappa shape index (κ1) is 19.5. The van der Waals surface area contributed by atoms with Gasteiger partial charge in [0.05, 0.1) is 18.0 Å². The minimum Gasteiger partial charge on any atom is -0.308 e. The standard InChI is InChI=1S/C17H16ClFN6O3/c1-11-15(25(27)28)8-20-24(11)6-5-16(26)21-17-14(18)10-23(22-17)9-12-3-2-4-13(19)7-12/h2-4,7-8,10H,5-6,9H2,1H3,(H,21,22,26). The number of carbonyl (C=O) groups is 1. The molecule has 2 heterocycles. The topological polar surface area (TPSA) is 108 Å². The summed E-state index contributed by atoms with van der Waals surface area (Å²) in [5.41, 5.74) is 0.975. The summed E-state index contributed by atoms with van der Waals surface area (Å²) in [5.74, 6) is -0.528. The van der Waals surface area contributed by atoms with Crippen LogP contribution >= 0.6 is 11.6 Å². The largest absolute Gasteiger partial charge is 0.309 e. The first-order valence-corrected chi connectivity index (χ1v) is 8.65. The minimum atomic E-state index is -0.524. The molecule has 146 valence electrons. The van der Waals surface area contributed by atoms with Gasteiger partial charge in [0.2, 0.25) is 5.91 Å². The molecule has 0 radical (unpaired) electrons. The Morgan fingerprint density at radius 1 is 1.43 bits per heavy atom. The number of aryl methyl sites for hydroxylation is 1. The third kappa shape index (κ3) is 4.52. The number of nitrogens with one attached hydrogen (secondary N) is 1. The van der Waals surface area contributed by atoms with Crippen molar-refractivity contribution in [3.05, 3.63) is 68.9 Å². The smallest absolute Gasteiger partial charge is 0.308 e. The van der Waals surface area contributed by atoms with Crippen molar-refractivity contribution in [3.63, 3.8) is 0 Å². The van der Waals surface area contributed by atoms with Gasteiger partial charge < -0.3 is 5.32 Å². The number of nitro groups is 1. The van der Waals surface area contributed by atoms with E-state index in [-0.39, 0.29) is 41.2 Å². The number of hydrogen-bond acceptors (Lipinski definition) is 5. The van der Waals surface area contributed by atoms with Gasteiger partial charge in [-0.15, -0.1) is 0 Å². The number of carbonyl (C=O) groups excluding carboxylic acids is 1. The zero-order chi connectivity index (χ0) is 20.3. The highest BCUT2D eigenvalue weighted by Gasteiger charge is 2.17. The van der Waals surface area contributed by atoms with Crippen LogP contribution in [0.5, 0.6) is 0 Å². The molecule has 28 heavy (non-hydrogen) atoms. The second-order valence-electron chi connectivity index (χ2n) is 6.05. The molecule has 0 spiro atoms. The van der Waals surface area contributed by atoms with Gasteiger partial charge in [-0.25, -0.2) is 4.39 Å². The average molecular weight is 407 g/mol. The minimum absolute atomic E-state index is 0.0345. The van der Waals surface area contributed by atoms with Gasteiger partial charge in [-0.3, -0.25) is 24.3 Å². The molecule has 1 aromatic carbocycles. The second-order valence-corrected chi connectivity index (χ2v) is 6.45. The predicted octanol–water partition coefficient (Wildman–Crippen LogP) is 3.17. The molecule has 0 aliphatic carbocycles. The van der Waals surface area contributed by atoms with Gasteiger partial charge >= 0.3 is 5.69 Å².